The summed E-state index contributed by atoms with van der Waals surface area (Å²) >= 11 is 6.39. The Bertz CT molecular complexity index is 1160. The van der Waals surface area contributed by atoms with Crippen molar-refractivity contribution in [1.82, 2.24) is 4.98 Å². The summed E-state index contributed by atoms with van der Waals surface area (Å²) in [6.45, 7) is 7.05. The van der Waals surface area contributed by atoms with Gasteiger partial charge in [0.2, 0.25) is 5.88 Å². The number of hydrogen-bond donors (Lipinski definition) is 1. The Morgan fingerprint density at radius 2 is 1.98 bits per heavy atom. The van der Waals surface area contributed by atoms with Crippen LogP contribution in [0.25, 0.3) is 0 Å². The molecule has 3 heterocycles. The van der Waals surface area contributed by atoms with Crippen molar-refractivity contribution in [2.45, 2.75) is 51.4 Å². The van der Waals surface area contributed by atoms with Gasteiger partial charge in [0.15, 0.2) is 11.6 Å². The molecule has 2 fully saturated rings. The van der Waals surface area contributed by atoms with Gasteiger partial charge < -0.3 is 33.9 Å². The zero-order valence-corrected chi connectivity index (χ0v) is 24.3. The number of carboxylic acid groups (broad SMARTS) is 1. The van der Waals surface area contributed by atoms with Crippen molar-refractivity contribution >= 4 is 28.9 Å². The van der Waals surface area contributed by atoms with Gasteiger partial charge in [-0.2, -0.15) is 0 Å². The molecule has 0 spiro atoms. The monoisotopic (exact) mass is 579 g/mol. The number of halogens is 2. The first-order valence-corrected chi connectivity index (χ1v) is 14.1. The minimum atomic E-state index is -0.894. The zero-order chi connectivity index (χ0) is 28.8. The summed E-state index contributed by atoms with van der Waals surface area (Å²) in [5, 5.41) is 10.1. The van der Waals surface area contributed by atoms with Crippen LogP contribution in [0.2, 0.25) is 5.02 Å². The van der Waals surface area contributed by atoms with Crippen molar-refractivity contribution in [3.63, 3.8) is 0 Å². The number of carbonyl (C=O) groups is 1. The van der Waals surface area contributed by atoms with Crippen LogP contribution in [0.4, 0.5) is 15.8 Å². The van der Waals surface area contributed by atoms with Crippen molar-refractivity contribution in [3.8, 4) is 11.6 Å². The first-order chi connectivity index (χ1) is 19.2. The number of methoxy groups -OCH3 is 2. The molecule has 5 unspecified atom stereocenters. The van der Waals surface area contributed by atoms with Crippen LogP contribution in [0.1, 0.15) is 33.1 Å². The number of piperidine rings is 1. The van der Waals surface area contributed by atoms with E-state index in [2.05, 4.69) is 16.8 Å². The summed E-state index contributed by atoms with van der Waals surface area (Å²) in [5.41, 5.74) is 1.47. The van der Waals surface area contributed by atoms with Crippen LogP contribution in [0.15, 0.2) is 30.5 Å². The Labute approximate surface area is 240 Å². The number of benzene rings is 1. The second kappa shape index (κ2) is 13.7. The number of aliphatic carboxylic acids is 1. The quantitative estimate of drug-likeness (QED) is 0.352. The summed E-state index contributed by atoms with van der Waals surface area (Å²) in [7, 11) is 3.21. The molecule has 0 saturated carbocycles. The molecule has 0 bridgehead atoms. The molecule has 1 aromatic carbocycles. The van der Waals surface area contributed by atoms with Gasteiger partial charge in [-0.1, -0.05) is 25.4 Å². The maximum atomic E-state index is 15.4. The smallest absolute Gasteiger partial charge is 0.305 e. The molecule has 2 aromatic rings. The lowest BCUT2D eigenvalue weighted by atomic mass is 9.96. The highest BCUT2D eigenvalue weighted by molar-refractivity contribution is 6.33. The summed E-state index contributed by atoms with van der Waals surface area (Å²) in [5.74, 6) is -0.605. The van der Waals surface area contributed by atoms with Crippen molar-refractivity contribution in [3.05, 3.63) is 41.3 Å². The SMILES string of the molecule is COCCCOC1CN(c2ccc(OC3CCN(c4cc(OC)ncc4Cl)CC3C)c(F)c2)C(CC(=O)O)C1C. The fourth-order valence-corrected chi connectivity index (χ4v) is 5.87. The predicted octanol–water partition coefficient (Wildman–Crippen LogP) is 4.90. The van der Waals surface area contributed by atoms with E-state index in [-0.39, 0.29) is 42.3 Å². The van der Waals surface area contributed by atoms with Gasteiger partial charge in [0.25, 0.3) is 0 Å². The Kier molecular flexibility index (Phi) is 10.3. The highest BCUT2D eigenvalue weighted by Crippen LogP contribution is 2.37. The topological polar surface area (TPSA) is 93.6 Å². The lowest BCUT2D eigenvalue weighted by molar-refractivity contribution is -0.137. The third-order valence-corrected chi connectivity index (χ3v) is 8.18. The normalized spacial score (nSPS) is 24.8. The minimum absolute atomic E-state index is 0.0301. The number of rotatable bonds is 12. The zero-order valence-electron chi connectivity index (χ0n) is 23.5. The second-order valence-electron chi connectivity index (χ2n) is 10.6. The van der Waals surface area contributed by atoms with E-state index in [1.807, 2.05) is 17.9 Å². The van der Waals surface area contributed by atoms with Crippen LogP contribution in [-0.2, 0) is 14.3 Å². The molecule has 2 saturated heterocycles. The van der Waals surface area contributed by atoms with E-state index >= 15 is 4.39 Å². The maximum absolute atomic E-state index is 15.4. The molecule has 1 N–H and O–H groups in total. The molecule has 40 heavy (non-hydrogen) atoms. The summed E-state index contributed by atoms with van der Waals surface area (Å²) in [4.78, 5) is 19.9. The fraction of sp³-hybridized carbons (Fsp3) is 0.586. The van der Waals surface area contributed by atoms with Gasteiger partial charge in [0.05, 0.1) is 36.5 Å². The number of ether oxygens (including phenoxy) is 4. The fourth-order valence-electron chi connectivity index (χ4n) is 5.65. The van der Waals surface area contributed by atoms with Crippen LogP contribution < -0.4 is 19.3 Å². The third kappa shape index (κ3) is 7.08. The van der Waals surface area contributed by atoms with Gasteiger partial charge >= 0.3 is 5.97 Å². The Hall–Kier alpha value is -2.82. The highest BCUT2D eigenvalue weighted by atomic mass is 35.5. The third-order valence-electron chi connectivity index (χ3n) is 7.89. The number of anilines is 2. The number of hydrogen-bond acceptors (Lipinski definition) is 8. The van der Waals surface area contributed by atoms with E-state index in [0.29, 0.717) is 55.9 Å². The van der Waals surface area contributed by atoms with Crippen LogP contribution in [-0.4, -0.2) is 81.4 Å². The van der Waals surface area contributed by atoms with Crippen LogP contribution >= 0.6 is 11.6 Å². The molecule has 0 amide bonds. The van der Waals surface area contributed by atoms with E-state index in [0.717, 1.165) is 12.1 Å². The van der Waals surface area contributed by atoms with E-state index in [4.69, 9.17) is 30.5 Å². The van der Waals surface area contributed by atoms with E-state index in [1.54, 1.807) is 32.5 Å². The summed E-state index contributed by atoms with van der Waals surface area (Å²) in [6.07, 6.45) is 2.65. The average Bonchev–Trinajstić information content (AvgIpc) is 3.23. The number of carboxylic acids is 1. The molecule has 220 valence electrons. The summed E-state index contributed by atoms with van der Waals surface area (Å²) in [6, 6.07) is 6.40. The lowest BCUT2D eigenvalue weighted by Gasteiger charge is -2.38. The van der Waals surface area contributed by atoms with E-state index in [9.17, 15) is 9.90 Å². The number of nitrogens with zero attached hydrogens (tertiary/aromatic N) is 3. The van der Waals surface area contributed by atoms with Crippen LogP contribution in [0.3, 0.4) is 0 Å². The highest BCUT2D eigenvalue weighted by Gasteiger charge is 2.41. The molecule has 2 aliphatic heterocycles. The predicted molar refractivity (Wildman–Crippen MR) is 151 cm³/mol. The van der Waals surface area contributed by atoms with Crippen molar-refractivity contribution in [2.75, 3.05) is 56.9 Å². The van der Waals surface area contributed by atoms with E-state index < -0.39 is 11.8 Å². The molecule has 11 heteroatoms. The second-order valence-corrected chi connectivity index (χ2v) is 11.0. The van der Waals surface area contributed by atoms with Crippen LogP contribution in [0.5, 0.6) is 11.6 Å². The number of pyridine rings is 1. The minimum Gasteiger partial charge on any atom is -0.487 e. The Balaban J connectivity index is 1.42. The first kappa shape index (κ1) is 30.1. The molecule has 4 rings (SSSR count). The molecule has 0 aliphatic carbocycles. The molecule has 9 nitrogen and oxygen atoms in total. The molecule has 2 aliphatic rings. The standard InChI is InChI=1S/C29H39ClFN3O6/c1-18-16-33(24-13-28(38-4)32-15-21(24)30)9-8-25(18)40-26-7-6-20(12-22(26)31)34-17-27(39-11-5-10-37-3)19(2)23(34)14-29(35)36/h6-7,12-13,15,18-19,23,25,27H,5,8-11,14,16-17H2,1-4H3,(H,35,36). The lowest BCUT2D eigenvalue weighted by Crippen LogP contribution is -2.44. The van der Waals surface area contributed by atoms with Gasteiger partial charge in [-0.15, -0.1) is 0 Å². The van der Waals surface area contributed by atoms with Gasteiger partial charge in [0, 0.05) is 82.1 Å². The number of aromatic nitrogens is 1. The van der Waals surface area contributed by atoms with Gasteiger partial charge in [-0.05, 0) is 18.6 Å². The van der Waals surface area contributed by atoms with Crippen molar-refractivity contribution in [1.29, 1.82) is 0 Å². The van der Waals surface area contributed by atoms with Gasteiger partial charge in [-0.25, -0.2) is 9.37 Å². The maximum Gasteiger partial charge on any atom is 0.305 e. The van der Waals surface area contributed by atoms with Gasteiger partial charge in [0.1, 0.15) is 6.10 Å². The average molecular weight is 580 g/mol. The van der Waals surface area contributed by atoms with Crippen molar-refractivity contribution in [2.24, 2.45) is 11.8 Å². The van der Waals surface area contributed by atoms with Crippen molar-refractivity contribution < 1.29 is 33.2 Å². The molecule has 0 radical (unpaired) electrons. The molecule has 1 aromatic heterocycles. The largest absolute Gasteiger partial charge is 0.487 e. The molecule has 5 atom stereocenters. The summed E-state index contributed by atoms with van der Waals surface area (Å²) < 4.78 is 37.9. The van der Waals surface area contributed by atoms with Gasteiger partial charge in [-0.3, -0.25) is 4.79 Å². The molecular formula is C29H39ClFN3O6. The van der Waals surface area contributed by atoms with E-state index in [1.165, 1.54) is 6.07 Å². The Morgan fingerprint density at radius 3 is 2.65 bits per heavy atom. The Morgan fingerprint density at radius 1 is 1.18 bits per heavy atom. The first-order valence-electron chi connectivity index (χ1n) is 13.7. The van der Waals surface area contributed by atoms with Crippen LogP contribution in [0, 0.1) is 17.7 Å². The molecular weight excluding hydrogens is 541 g/mol.